The molecular formula is C11H15BrN2O. The zero-order chi connectivity index (χ0) is 10.7. The van der Waals surface area contributed by atoms with Crippen LogP contribution in [0.3, 0.4) is 0 Å². The van der Waals surface area contributed by atoms with Gasteiger partial charge in [-0.3, -0.25) is 0 Å². The van der Waals surface area contributed by atoms with Crippen molar-refractivity contribution in [3.63, 3.8) is 0 Å². The first kappa shape index (κ1) is 10.9. The molecule has 0 radical (unpaired) electrons. The van der Waals surface area contributed by atoms with Gasteiger partial charge in [0.05, 0.1) is 5.69 Å². The van der Waals surface area contributed by atoms with Crippen LogP contribution in [0.2, 0.25) is 0 Å². The van der Waals surface area contributed by atoms with Crippen molar-refractivity contribution in [3.8, 4) is 0 Å². The van der Waals surface area contributed by atoms with Crippen LogP contribution < -0.4 is 5.32 Å². The average molecular weight is 271 g/mol. The molecule has 1 aliphatic rings. The largest absolute Gasteiger partial charge is 0.381 e. The van der Waals surface area contributed by atoms with Crippen molar-refractivity contribution >= 4 is 21.7 Å². The molecule has 1 aromatic rings. The number of nitrogens with zero attached hydrogens (tertiary/aromatic N) is 1. The number of rotatable bonds is 2. The van der Waals surface area contributed by atoms with E-state index in [1.165, 1.54) is 0 Å². The monoisotopic (exact) mass is 270 g/mol. The van der Waals surface area contributed by atoms with E-state index in [2.05, 4.69) is 26.2 Å². The van der Waals surface area contributed by atoms with E-state index in [1.807, 2.05) is 19.1 Å². The number of aryl methyl sites for hydroxylation is 1. The molecule has 2 heterocycles. The number of aromatic nitrogens is 1. The molecule has 15 heavy (non-hydrogen) atoms. The van der Waals surface area contributed by atoms with Crippen LogP contribution in [0.5, 0.6) is 0 Å². The number of hydrogen-bond donors (Lipinski definition) is 1. The number of nitrogens with one attached hydrogen (secondary N) is 1. The lowest BCUT2D eigenvalue weighted by atomic mass is 10.1. The SMILES string of the molecule is Cc1nc(NC2CCOCC2)ccc1Br. The number of pyridine rings is 1. The van der Waals surface area contributed by atoms with Crippen molar-refractivity contribution in [1.29, 1.82) is 0 Å². The van der Waals surface area contributed by atoms with E-state index < -0.39 is 0 Å². The zero-order valence-electron chi connectivity index (χ0n) is 8.79. The third kappa shape index (κ3) is 2.92. The molecule has 82 valence electrons. The lowest BCUT2D eigenvalue weighted by Gasteiger charge is -2.23. The van der Waals surface area contributed by atoms with Crippen molar-refractivity contribution in [3.05, 3.63) is 22.3 Å². The van der Waals surface area contributed by atoms with E-state index in [0.717, 1.165) is 42.0 Å². The molecule has 1 aromatic heterocycles. The Morgan fingerprint density at radius 1 is 1.40 bits per heavy atom. The topological polar surface area (TPSA) is 34.2 Å². The molecule has 1 saturated heterocycles. The third-order valence-corrected chi connectivity index (χ3v) is 3.43. The quantitative estimate of drug-likeness (QED) is 0.898. The van der Waals surface area contributed by atoms with E-state index in [9.17, 15) is 0 Å². The maximum absolute atomic E-state index is 5.31. The minimum Gasteiger partial charge on any atom is -0.381 e. The molecule has 0 unspecified atom stereocenters. The van der Waals surface area contributed by atoms with Gasteiger partial charge in [-0.15, -0.1) is 0 Å². The molecule has 3 nitrogen and oxygen atoms in total. The third-order valence-electron chi connectivity index (χ3n) is 2.59. The van der Waals surface area contributed by atoms with Gasteiger partial charge in [-0.1, -0.05) is 0 Å². The van der Waals surface area contributed by atoms with E-state index in [0.29, 0.717) is 6.04 Å². The molecule has 4 heteroatoms. The van der Waals surface area contributed by atoms with E-state index in [1.54, 1.807) is 0 Å². The zero-order valence-corrected chi connectivity index (χ0v) is 10.4. The van der Waals surface area contributed by atoms with Gasteiger partial charge in [0.2, 0.25) is 0 Å². The predicted octanol–water partition coefficient (Wildman–Crippen LogP) is 2.74. The summed E-state index contributed by atoms with van der Waals surface area (Å²) in [6, 6.07) is 4.54. The highest BCUT2D eigenvalue weighted by Crippen LogP contribution is 2.18. The van der Waals surface area contributed by atoms with Crippen molar-refractivity contribution in [2.45, 2.75) is 25.8 Å². The Morgan fingerprint density at radius 3 is 2.80 bits per heavy atom. The fourth-order valence-electron chi connectivity index (χ4n) is 1.68. The molecule has 0 aromatic carbocycles. The molecule has 2 rings (SSSR count). The van der Waals surface area contributed by atoms with Gasteiger partial charge in [0.25, 0.3) is 0 Å². The Morgan fingerprint density at radius 2 is 2.13 bits per heavy atom. The molecule has 0 amide bonds. The number of ether oxygens (including phenoxy) is 1. The first-order chi connectivity index (χ1) is 7.25. The molecule has 1 fully saturated rings. The number of halogens is 1. The highest BCUT2D eigenvalue weighted by atomic mass is 79.9. The summed E-state index contributed by atoms with van der Waals surface area (Å²) in [4.78, 5) is 4.47. The molecule has 1 N–H and O–H groups in total. The minimum absolute atomic E-state index is 0.506. The molecule has 1 aliphatic heterocycles. The molecular weight excluding hydrogens is 256 g/mol. The van der Waals surface area contributed by atoms with Crippen LogP contribution in [0, 0.1) is 6.92 Å². The van der Waals surface area contributed by atoms with Crippen molar-refractivity contribution in [1.82, 2.24) is 4.98 Å². The number of anilines is 1. The second-order valence-corrected chi connectivity index (χ2v) is 4.65. The molecule has 0 saturated carbocycles. The summed E-state index contributed by atoms with van der Waals surface area (Å²) in [6.07, 6.45) is 2.13. The van der Waals surface area contributed by atoms with Crippen molar-refractivity contribution in [2.75, 3.05) is 18.5 Å². The van der Waals surface area contributed by atoms with Gasteiger partial charge >= 0.3 is 0 Å². The van der Waals surface area contributed by atoms with Gasteiger partial charge in [0.1, 0.15) is 5.82 Å². The van der Waals surface area contributed by atoms with Gasteiger partial charge in [-0.05, 0) is 47.8 Å². The van der Waals surface area contributed by atoms with Crippen LogP contribution in [-0.4, -0.2) is 24.2 Å². The highest BCUT2D eigenvalue weighted by Gasteiger charge is 2.13. The molecule has 0 aliphatic carbocycles. The summed E-state index contributed by atoms with van der Waals surface area (Å²) in [5.74, 6) is 0.961. The Labute approximate surface area is 98.4 Å². The van der Waals surface area contributed by atoms with Crippen LogP contribution in [-0.2, 0) is 4.74 Å². The first-order valence-electron chi connectivity index (χ1n) is 5.23. The lowest BCUT2D eigenvalue weighted by molar-refractivity contribution is 0.0904. The minimum atomic E-state index is 0.506. The first-order valence-corrected chi connectivity index (χ1v) is 6.02. The van der Waals surface area contributed by atoms with Crippen molar-refractivity contribution < 1.29 is 4.74 Å². The summed E-state index contributed by atoms with van der Waals surface area (Å²) in [5, 5.41) is 3.44. The second-order valence-electron chi connectivity index (χ2n) is 3.79. The van der Waals surface area contributed by atoms with E-state index in [-0.39, 0.29) is 0 Å². The highest BCUT2D eigenvalue weighted by molar-refractivity contribution is 9.10. The Bertz CT molecular complexity index is 337. The summed E-state index contributed by atoms with van der Waals surface area (Å²) < 4.78 is 6.37. The second kappa shape index (κ2) is 4.94. The summed E-state index contributed by atoms with van der Waals surface area (Å²) >= 11 is 3.44. The predicted molar refractivity (Wildman–Crippen MR) is 64.1 cm³/mol. The van der Waals surface area contributed by atoms with Crippen molar-refractivity contribution in [2.24, 2.45) is 0 Å². The normalized spacial score (nSPS) is 17.7. The summed E-state index contributed by atoms with van der Waals surface area (Å²) in [7, 11) is 0. The van der Waals surface area contributed by atoms with E-state index in [4.69, 9.17) is 4.74 Å². The maximum Gasteiger partial charge on any atom is 0.126 e. The Balaban J connectivity index is 2.00. The van der Waals surface area contributed by atoms with Gasteiger partial charge in [-0.2, -0.15) is 0 Å². The summed E-state index contributed by atoms with van der Waals surface area (Å²) in [6.45, 7) is 3.71. The average Bonchev–Trinajstić information content (AvgIpc) is 2.25. The Hall–Kier alpha value is -0.610. The maximum atomic E-state index is 5.31. The van der Waals surface area contributed by atoms with Gasteiger partial charge in [0.15, 0.2) is 0 Å². The van der Waals surface area contributed by atoms with Crippen LogP contribution >= 0.6 is 15.9 Å². The van der Waals surface area contributed by atoms with Crippen LogP contribution in [0.1, 0.15) is 18.5 Å². The van der Waals surface area contributed by atoms with Crippen LogP contribution in [0.15, 0.2) is 16.6 Å². The number of hydrogen-bond acceptors (Lipinski definition) is 3. The summed E-state index contributed by atoms with van der Waals surface area (Å²) in [5.41, 5.74) is 1.02. The smallest absolute Gasteiger partial charge is 0.126 e. The Kier molecular flexibility index (Phi) is 3.59. The fourth-order valence-corrected chi connectivity index (χ4v) is 1.90. The van der Waals surface area contributed by atoms with Gasteiger partial charge in [0, 0.05) is 23.7 Å². The standard InChI is InChI=1S/C11H15BrN2O/c1-8-10(12)2-3-11(13-8)14-9-4-6-15-7-5-9/h2-3,9H,4-7H2,1H3,(H,13,14). The van der Waals surface area contributed by atoms with E-state index >= 15 is 0 Å². The molecule has 0 atom stereocenters. The molecule has 0 bridgehead atoms. The van der Waals surface area contributed by atoms with Gasteiger partial charge in [-0.25, -0.2) is 4.98 Å². The van der Waals surface area contributed by atoms with Crippen LogP contribution in [0.4, 0.5) is 5.82 Å². The van der Waals surface area contributed by atoms with Crippen LogP contribution in [0.25, 0.3) is 0 Å². The fraction of sp³-hybridized carbons (Fsp3) is 0.545. The lowest BCUT2D eigenvalue weighted by Crippen LogP contribution is -2.28. The molecule has 0 spiro atoms. The van der Waals surface area contributed by atoms with Gasteiger partial charge < -0.3 is 10.1 Å².